The van der Waals surface area contributed by atoms with Crippen molar-refractivity contribution in [3.05, 3.63) is 140 Å². The molecule has 46 heavy (non-hydrogen) atoms. The molecule has 0 spiro atoms. The number of hydrogen-bond donors (Lipinski definition) is 0. The zero-order valence-corrected chi connectivity index (χ0v) is 24.5. The van der Waals surface area contributed by atoms with Crippen molar-refractivity contribution in [1.82, 2.24) is 4.57 Å². The highest BCUT2D eigenvalue weighted by atomic mass is 16.3. The third-order valence-electron chi connectivity index (χ3n) is 9.60. The maximum Gasteiger partial charge on any atom is 0.136 e. The van der Waals surface area contributed by atoms with Crippen LogP contribution < -0.4 is 0 Å². The fraction of sp³-hybridized carbons (Fsp3) is 0. The molecule has 4 heteroatoms. The Bertz CT molecular complexity index is 2980. The van der Waals surface area contributed by atoms with E-state index in [1.807, 2.05) is 24.3 Å². The van der Waals surface area contributed by atoms with E-state index < -0.39 is 0 Å². The molecule has 7 aromatic carbocycles. The second-order valence-corrected chi connectivity index (χ2v) is 12.1. The highest BCUT2D eigenvalue weighted by Gasteiger charge is 2.19. The van der Waals surface area contributed by atoms with Crippen molar-refractivity contribution in [2.45, 2.75) is 0 Å². The van der Waals surface area contributed by atoms with Crippen LogP contribution in [0.3, 0.4) is 0 Å². The molecular weight excluding hydrogens is 566 g/mol. The summed E-state index contributed by atoms with van der Waals surface area (Å²) in [6.07, 6.45) is 0. The van der Waals surface area contributed by atoms with Crippen molar-refractivity contribution in [1.29, 1.82) is 0 Å². The SMILES string of the molecule is c1ccc2c(c1)oc1ccc(-c3ccc4oc5ccc6oc7ccc(-n8c9ccccc9c9ccccc98)cc7c6c5c4c3)cc12. The van der Waals surface area contributed by atoms with Gasteiger partial charge in [0.25, 0.3) is 0 Å². The van der Waals surface area contributed by atoms with Crippen LogP contribution in [0.1, 0.15) is 0 Å². The first-order valence-electron chi connectivity index (χ1n) is 15.5. The molecule has 0 amide bonds. The first-order valence-corrected chi connectivity index (χ1v) is 15.5. The van der Waals surface area contributed by atoms with Gasteiger partial charge in [0.2, 0.25) is 0 Å². The number of hydrogen-bond acceptors (Lipinski definition) is 3. The van der Waals surface area contributed by atoms with Gasteiger partial charge < -0.3 is 17.8 Å². The van der Waals surface area contributed by atoms with Gasteiger partial charge >= 0.3 is 0 Å². The Morgan fingerprint density at radius 1 is 0.326 bits per heavy atom. The second-order valence-electron chi connectivity index (χ2n) is 12.1. The topological polar surface area (TPSA) is 44.4 Å². The summed E-state index contributed by atoms with van der Waals surface area (Å²) in [7, 11) is 0. The lowest BCUT2D eigenvalue weighted by atomic mass is 9.99. The molecule has 4 heterocycles. The number of para-hydroxylation sites is 3. The van der Waals surface area contributed by atoms with Crippen molar-refractivity contribution in [2.24, 2.45) is 0 Å². The smallest absolute Gasteiger partial charge is 0.136 e. The van der Waals surface area contributed by atoms with Gasteiger partial charge in [-0.15, -0.1) is 0 Å². The fourth-order valence-corrected chi connectivity index (χ4v) is 7.55. The molecule has 0 saturated heterocycles. The Hall–Kier alpha value is -6.26. The number of nitrogens with zero attached hydrogens (tertiary/aromatic N) is 1. The molecule has 0 radical (unpaired) electrons. The first kappa shape index (κ1) is 24.1. The van der Waals surface area contributed by atoms with Crippen LogP contribution in [-0.2, 0) is 0 Å². The average Bonchev–Trinajstić information content (AvgIpc) is 3.85. The molecule has 0 atom stereocenters. The van der Waals surface area contributed by atoms with Crippen molar-refractivity contribution >= 4 is 87.6 Å². The maximum atomic E-state index is 6.46. The van der Waals surface area contributed by atoms with Gasteiger partial charge in [-0.2, -0.15) is 0 Å². The van der Waals surface area contributed by atoms with Gasteiger partial charge in [0.1, 0.15) is 33.5 Å². The van der Waals surface area contributed by atoms with Crippen molar-refractivity contribution in [3.63, 3.8) is 0 Å². The van der Waals surface area contributed by atoms with Crippen molar-refractivity contribution in [3.8, 4) is 16.8 Å². The van der Waals surface area contributed by atoms with E-state index in [0.717, 1.165) is 82.6 Å². The van der Waals surface area contributed by atoms with Crippen LogP contribution in [0.15, 0.2) is 153 Å². The van der Waals surface area contributed by atoms with Crippen LogP contribution in [0.4, 0.5) is 0 Å². The summed E-state index contributed by atoms with van der Waals surface area (Å²) in [6, 6.07) is 48.9. The molecule has 0 saturated carbocycles. The summed E-state index contributed by atoms with van der Waals surface area (Å²) in [6.45, 7) is 0. The van der Waals surface area contributed by atoms with Crippen LogP contribution in [0.2, 0.25) is 0 Å². The van der Waals surface area contributed by atoms with Gasteiger partial charge in [-0.05, 0) is 83.9 Å². The van der Waals surface area contributed by atoms with Crippen LogP contribution in [0, 0.1) is 0 Å². The van der Waals surface area contributed by atoms with E-state index in [9.17, 15) is 0 Å². The molecule has 0 aliphatic heterocycles. The molecule has 0 N–H and O–H groups in total. The van der Waals surface area contributed by atoms with Crippen LogP contribution in [0.25, 0.3) is 104 Å². The lowest BCUT2D eigenvalue weighted by molar-refractivity contribution is 0.663. The largest absolute Gasteiger partial charge is 0.456 e. The summed E-state index contributed by atoms with van der Waals surface area (Å²) in [5.74, 6) is 0. The van der Waals surface area contributed by atoms with E-state index in [-0.39, 0.29) is 0 Å². The average molecular weight is 590 g/mol. The van der Waals surface area contributed by atoms with Gasteiger partial charge in [-0.3, -0.25) is 0 Å². The van der Waals surface area contributed by atoms with Crippen LogP contribution in [-0.4, -0.2) is 4.57 Å². The monoisotopic (exact) mass is 589 g/mol. The number of benzene rings is 7. The Labute approximate surface area is 261 Å². The molecular formula is C42H23NO3. The molecule has 0 aliphatic carbocycles. The van der Waals surface area contributed by atoms with E-state index in [1.54, 1.807) is 0 Å². The van der Waals surface area contributed by atoms with Gasteiger partial charge in [0, 0.05) is 48.8 Å². The lowest BCUT2D eigenvalue weighted by Crippen LogP contribution is -1.93. The zero-order valence-electron chi connectivity index (χ0n) is 24.5. The number of furan rings is 3. The van der Waals surface area contributed by atoms with Gasteiger partial charge in [-0.1, -0.05) is 66.7 Å². The molecule has 0 bridgehead atoms. The van der Waals surface area contributed by atoms with E-state index >= 15 is 0 Å². The Kier molecular flexibility index (Phi) is 4.55. The minimum absolute atomic E-state index is 0.848. The van der Waals surface area contributed by atoms with E-state index in [1.165, 1.54) is 21.8 Å². The van der Waals surface area contributed by atoms with Crippen LogP contribution in [0.5, 0.6) is 0 Å². The summed E-state index contributed by atoms with van der Waals surface area (Å²) < 4.78 is 21.3. The Balaban J connectivity index is 1.17. The van der Waals surface area contributed by atoms with E-state index in [2.05, 4.69) is 120 Å². The van der Waals surface area contributed by atoms with Gasteiger partial charge in [0.05, 0.1) is 11.0 Å². The highest BCUT2D eigenvalue weighted by Crippen LogP contribution is 2.43. The summed E-state index contributed by atoms with van der Waals surface area (Å²) in [5.41, 5.74) is 10.9. The third-order valence-corrected chi connectivity index (χ3v) is 9.60. The minimum atomic E-state index is 0.848. The Morgan fingerprint density at radius 3 is 1.46 bits per heavy atom. The normalized spacial score (nSPS) is 12.3. The molecule has 0 aliphatic rings. The predicted molar refractivity (Wildman–Crippen MR) is 188 cm³/mol. The molecule has 0 unspecified atom stereocenters. The standard InChI is InChI=1S/C42H23NO3/c1-4-10-33-27(7-1)28-8-2-5-11-34(28)43(33)26-15-18-38-32(23-26)42-40(46-38)20-19-39-41(42)31-22-25(14-17-37(31)45-39)24-13-16-36-30(21-24)29-9-3-6-12-35(29)44-36/h1-23H. The molecule has 11 aromatic rings. The summed E-state index contributed by atoms with van der Waals surface area (Å²) in [4.78, 5) is 0. The van der Waals surface area contributed by atoms with Gasteiger partial charge in [0.15, 0.2) is 0 Å². The lowest BCUT2D eigenvalue weighted by Gasteiger charge is -2.08. The van der Waals surface area contributed by atoms with E-state index in [0.29, 0.717) is 0 Å². The van der Waals surface area contributed by atoms with Crippen LogP contribution >= 0.6 is 0 Å². The number of aromatic nitrogens is 1. The highest BCUT2D eigenvalue weighted by molar-refractivity contribution is 6.26. The summed E-state index contributed by atoms with van der Waals surface area (Å²) in [5, 5.41) is 9.01. The third kappa shape index (κ3) is 3.17. The Morgan fingerprint density at radius 2 is 0.783 bits per heavy atom. The molecule has 0 fully saturated rings. The van der Waals surface area contributed by atoms with Crippen molar-refractivity contribution in [2.75, 3.05) is 0 Å². The van der Waals surface area contributed by atoms with Gasteiger partial charge in [-0.25, -0.2) is 0 Å². The number of fused-ring (bicyclic) bond motifs is 13. The molecule has 4 aromatic heterocycles. The number of rotatable bonds is 2. The fourth-order valence-electron chi connectivity index (χ4n) is 7.55. The predicted octanol–water partition coefficient (Wildman–Crippen LogP) is 12.1. The molecule has 214 valence electrons. The molecule has 11 rings (SSSR count). The van der Waals surface area contributed by atoms with E-state index in [4.69, 9.17) is 13.3 Å². The quantitative estimate of drug-likeness (QED) is 0.201. The zero-order chi connectivity index (χ0) is 29.9. The first-order chi connectivity index (χ1) is 22.8. The van der Waals surface area contributed by atoms with Crippen molar-refractivity contribution < 1.29 is 13.3 Å². The minimum Gasteiger partial charge on any atom is -0.456 e. The second kappa shape index (κ2) is 8.68. The molecule has 4 nitrogen and oxygen atoms in total. The summed E-state index contributed by atoms with van der Waals surface area (Å²) >= 11 is 0. The maximum absolute atomic E-state index is 6.46.